The standard InChI is InChI=1S/C11H9ClOS/c1-6-9-5-8(12)3-4-10(9)14-11(6)7(2)13/h3-5H,1-2H3. The van der Waals surface area contributed by atoms with Gasteiger partial charge in [0.2, 0.25) is 0 Å². The average Bonchev–Trinajstić information content (AvgIpc) is 2.44. The van der Waals surface area contributed by atoms with Crippen molar-refractivity contribution >= 4 is 38.8 Å². The summed E-state index contributed by atoms with van der Waals surface area (Å²) in [7, 11) is 0. The molecule has 0 N–H and O–H groups in total. The molecule has 1 aromatic heterocycles. The highest BCUT2D eigenvalue weighted by Gasteiger charge is 2.11. The van der Waals surface area contributed by atoms with E-state index >= 15 is 0 Å². The first-order valence-electron chi connectivity index (χ1n) is 4.29. The molecule has 0 saturated heterocycles. The van der Waals surface area contributed by atoms with Crippen molar-refractivity contribution in [2.75, 3.05) is 0 Å². The Morgan fingerprint density at radius 3 is 2.79 bits per heavy atom. The second kappa shape index (κ2) is 3.37. The molecule has 0 atom stereocenters. The van der Waals surface area contributed by atoms with Gasteiger partial charge in [0.25, 0.3) is 0 Å². The quantitative estimate of drug-likeness (QED) is 0.668. The topological polar surface area (TPSA) is 17.1 Å². The molecule has 0 aliphatic carbocycles. The maximum absolute atomic E-state index is 11.3. The summed E-state index contributed by atoms with van der Waals surface area (Å²) in [5.41, 5.74) is 1.04. The van der Waals surface area contributed by atoms with Crippen LogP contribution in [0.1, 0.15) is 22.2 Å². The number of rotatable bonds is 1. The number of carbonyl (C=O) groups excluding carboxylic acids is 1. The van der Waals surface area contributed by atoms with Crippen LogP contribution in [0.2, 0.25) is 5.02 Å². The lowest BCUT2D eigenvalue weighted by Gasteiger charge is -1.93. The molecular weight excluding hydrogens is 216 g/mol. The van der Waals surface area contributed by atoms with Gasteiger partial charge < -0.3 is 0 Å². The van der Waals surface area contributed by atoms with Gasteiger partial charge in [0, 0.05) is 9.72 Å². The van der Waals surface area contributed by atoms with Crippen molar-refractivity contribution in [2.24, 2.45) is 0 Å². The number of aryl methyl sites for hydroxylation is 1. The van der Waals surface area contributed by atoms with E-state index in [-0.39, 0.29) is 5.78 Å². The van der Waals surface area contributed by atoms with Crippen molar-refractivity contribution in [3.8, 4) is 0 Å². The van der Waals surface area contributed by atoms with E-state index in [1.807, 2.05) is 25.1 Å². The average molecular weight is 225 g/mol. The fourth-order valence-electron chi connectivity index (χ4n) is 1.53. The lowest BCUT2D eigenvalue weighted by Crippen LogP contribution is -1.88. The molecule has 0 saturated carbocycles. The van der Waals surface area contributed by atoms with E-state index in [9.17, 15) is 4.79 Å². The Morgan fingerprint density at radius 2 is 2.14 bits per heavy atom. The fraction of sp³-hybridized carbons (Fsp3) is 0.182. The summed E-state index contributed by atoms with van der Waals surface area (Å²) in [5.74, 6) is 0.125. The van der Waals surface area contributed by atoms with Crippen LogP contribution in [-0.2, 0) is 0 Å². The van der Waals surface area contributed by atoms with Crippen LogP contribution in [-0.4, -0.2) is 5.78 Å². The van der Waals surface area contributed by atoms with Gasteiger partial charge in [0.15, 0.2) is 5.78 Å². The van der Waals surface area contributed by atoms with Crippen molar-refractivity contribution in [3.63, 3.8) is 0 Å². The van der Waals surface area contributed by atoms with Crippen molar-refractivity contribution in [1.82, 2.24) is 0 Å². The predicted molar refractivity (Wildman–Crippen MR) is 61.6 cm³/mol. The number of carbonyl (C=O) groups is 1. The molecule has 1 nitrogen and oxygen atoms in total. The summed E-state index contributed by atoms with van der Waals surface area (Å²) < 4.78 is 1.12. The van der Waals surface area contributed by atoms with Crippen molar-refractivity contribution in [2.45, 2.75) is 13.8 Å². The first kappa shape index (κ1) is 9.69. The molecule has 14 heavy (non-hydrogen) atoms. The van der Waals surface area contributed by atoms with E-state index in [2.05, 4.69) is 0 Å². The molecule has 1 aromatic carbocycles. The molecule has 72 valence electrons. The van der Waals surface area contributed by atoms with Gasteiger partial charge in [-0.05, 0) is 43.0 Å². The van der Waals surface area contributed by atoms with Crippen LogP contribution in [0.15, 0.2) is 18.2 Å². The Bertz CT molecular complexity index is 513. The van der Waals surface area contributed by atoms with E-state index in [1.54, 1.807) is 6.92 Å². The van der Waals surface area contributed by atoms with Gasteiger partial charge in [-0.25, -0.2) is 0 Å². The van der Waals surface area contributed by atoms with Gasteiger partial charge in [-0.15, -0.1) is 11.3 Å². The second-order valence-electron chi connectivity index (χ2n) is 3.25. The van der Waals surface area contributed by atoms with E-state index in [1.165, 1.54) is 11.3 Å². The zero-order chi connectivity index (χ0) is 10.3. The lowest BCUT2D eigenvalue weighted by molar-refractivity contribution is 0.102. The smallest absolute Gasteiger partial charge is 0.170 e. The van der Waals surface area contributed by atoms with E-state index in [4.69, 9.17) is 11.6 Å². The van der Waals surface area contributed by atoms with Gasteiger partial charge in [-0.3, -0.25) is 4.79 Å². The Labute approximate surface area is 91.3 Å². The first-order valence-corrected chi connectivity index (χ1v) is 5.48. The zero-order valence-corrected chi connectivity index (χ0v) is 9.50. The normalized spacial score (nSPS) is 10.8. The molecule has 0 bridgehead atoms. The number of benzene rings is 1. The summed E-state index contributed by atoms with van der Waals surface area (Å²) >= 11 is 7.43. The highest BCUT2D eigenvalue weighted by Crippen LogP contribution is 2.32. The monoisotopic (exact) mass is 224 g/mol. The third kappa shape index (κ3) is 1.45. The van der Waals surface area contributed by atoms with Crippen LogP contribution in [0.4, 0.5) is 0 Å². The molecule has 2 rings (SSSR count). The molecular formula is C11H9ClOS. The Hall–Kier alpha value is -0.860. The molecule has 1 heterocycles. The number of halogens is 1. The minimum absolute atomic E-state index is 0.125. The van der Waals surface area contributed by atoms with E-state index < -0.39 is 0 Å². The molecule has 0 aliphatic rings. The van der Waals surface area contributed by atoms with Crippen molar-refractivity contribution in [3.05, 3.63) is 33.7 Å². The van der Waals surface area contributed by atoms with Crippen LogP contribution < -0.4 is 0 Å². The number of fused-ring (bicyclic) bond motifs is 1. The van der Waals surface area contributed by atoms with Crippen LogP contribution in [0.5, 0.6) is 0 Å². The second-order valence-corrected chi connectivity index (χ2v) is 4.74. The maximum Gasteiger partial charge on any atom is 0.170 e. The summed E-state index contributed by atoms with van der Waals surface area (Å²) in [4.78, 5) is 12.1. The lowest BCUT2D eigenvalue weighted by atomic mass is 10.1. The molecule has 3 heteroatoms. The Kier molecular flexibility index (Phi) is 2.33. The summed E-state index contributed by atoms with van der Waals surface area (Å²) in [6.07, 6.45) is 0. The number of ketones is 1. The highest BCUT2D eigenvalue weighted by atomic mass is 35.5. The highest BCUT2D eigenvalue weighted by molar-refractivity contribution is 7.21. The molecule has 0 aliphatic heterocycles. The third-order valence-corrected chi connectivity index (χ3v) is 3.83. The largest absolute Gasteiger partial charge is 0.294 e. The molecule has 0 spiro atoms. The zero-order valence-electron chi connectivity index (χ0n) is 7.93. The maximum atomic E-state index is 11.3. The molecule has 0 unspecified atom stereocenters. The fourth-order valence-corrected chi connectivity index (χ4v) is 2.79. The summed E-state index contributed by atoms with van der Waals surface area (Å²) in [6, 6.07) is 5.72. The first-order chi connectivity index (χ1) is 6.59. The molecule has 0 fully saturated rings. The van der Waals surface area contributed by atoms with Crippen LogP contribution in [0, 0.1) is 6.92 Å². The number of hydrogen-bond donors (Lipinski definition) is 0. The van der Waals surface area contributed by atoms with Crippen molar-refractivity contribution < 1.29 is 4.79 Å². The van der Waals surface area contributed by atoms with Gasteiger partial charge in [0.1, 0.15) is 0 Å². The SMILES string of the molecule is CC(=O)c1sc2ccc(Cl)cc2c1C. The van der Waals surface area contributed by atoms with Crippen molar-refractivity contribution in [1.29, 1.82) is 0 Å². The minimum Gasteiger partial charge on any atom is -0.294 e. The molecule has 0 radical (unpaired) electrons. The third-order valence-electron chi connectivity index (χ3n) is 2.22. The van der Waals surface area contributed by atoms with Gasteiger partial charge in [-0.1, -0.05) is 11.6 Å². The van der Waals surface area contributed by atoms with Crippen LogP contribution in [0.3, 0.4) is 0 Å². The van der Waals surface area contributed by atoms with Gasteiger partial charge in [-0.2, -0.15) is 0 Å². The van der Waals surface area contributed by atoms with Gasteiger partial charge in [0.05, 0.1) is 4.88 Å². The van der Waals surface area contributed by atoms with E-state index in [0.717, 1.165) is 20.5 Å². The molecule has 0 amide bonds. The number of hydrogen-bond acceptors (Lipinski definition) is 2. The summed E-state index contributed by atoms with van der Waals surface area (Å²) in [5, 5.41) is 1.81. The van der Waals surface area contributed by atoms with Gasteiger partial charge >= 0.3 is 0 Å². The molecule has 2 aromatic rings. The van der Waals surface area contributed by atoms with E-state index in [0.29, 0.717) is 5.02 Å². The van der Waals surface area contributed by atoms with Crippen LogP contribution >= 0.6 is 22.9 Å². The minimum atomic E-state index is 0.125. The summed E-state index contributed by atoms with van der Waals surface area (Å²) in [6.45, 7) is 3.56. The van der Waals surface area contributed by atoms with Crippen LogP contribution in [0.25, 0.3) is 10.1 Å². The Balaban J connectivity index is 2.80. The number of thiophene rings is 1. The predicted octanol–water partition coefficient (Wildman–Crippen LogP) is 4.07. The Morgan fingerprint density at radius 1 is 1.43 bits per heavy atom. The number of Topliss-reactive ketones (excluding diaryl/α,β-unsaturated/α-hetero) is 1.